The predicted molar refractivity (Wildman–Crippen MR) is 87.8 cm³/mol. The summed E-state index contributed by atoms with van der Waals surface area (Å²) in [5.41, 5.74) is 2.89. The van der Waals surface area contributed by atoms with Gasteiger partial charge in [0.25, 0.3) is 5.91 Å². The number of rotatable bonds is 5. The van der Waals surface area contributed by atoms with Crippen LogP contribution >= 0.6 is 0 Å². The van der Waals surface area contributed by atoms with Crippen molar-refractivity contribution in [3.8, 4) is 11.1 Å². The molecule has 1 heterocycles. The molecule has 3 rings (SSSR count). The van der Waals surface area contributed by atoms with Crippen LogP contribution in [-0.4, -0.2) is 25.2 Å². The largest absolute Gasteiger partial charge is 0.378 e. The van der Waals surface area contributed by atoms with Crippen molar-refractivity contribution < 1.29 is 9.53 Å². The van der Waals surface area contributed by atoms with Gasteiger partial charge in [-0.15, -0.1) is 0 Å². The zero-order valence-electron chi connectivity index (χ0n) is 12.6. The minimum Gasteiger partial charge on any atom is -0.378 e. The summed E-state index contributed by atoms with van der Waals surface area (Å²) < 4.78 is 5.57. The third-order valence-corrected chi connectivity index (χ3v) is 4.01. The third-order valence-electron chi connectivity index (χ3n) is 4.01. The molecule has 0 saturated carbocycles. The van der Waals surface area contributed by atoms with Gasteiger partial charge in [0.05, 0.1) is 6.10 Å². The summed E-state index contributed by atoms with van der Waals surface area (Å²) in [5, 5.41) is 2.99. The van der Waals surface area contributed by atoms with E-state index < -0.39 is 0 Å². The first-order chi connectivity index (χ1) is 10.8. The van der Waals surface area contributed by atoms with Crippen LogP contribution in [0.15, 0.2) is 54.6 Å². The van der Waals surface area contributed by atoms with E-state index >= 15 is 0 Å². The van der Waals surface area contributed by atoms with Crippen LogP contribution in [0.3, 0.4) is 0 Å². The Hall–Kier alpha value is -2.13. The highest BCUT2D eigenvalue weighted by Gasteiger charge is 2.15. The molecule has 1 amide bonds. The topological polar surface area (TPSA) is 38.3 Å². The molecule has 3 nitrogen and oxygen atoms in total. The van der Waals surface area contributed by atoms with Crippen LogP contribution in [0.2, 0.25) is 0 Å². The number of amides is 1. The normalized spacial score (nSPS) is 17.4. The summed E-state index contributed by atoms with van der Waals surface area (Å²) in [6.45, 7) is 1.52. The second-order valence-corrected chi connectivity index (χ2v) is 5.63. The van der Waals surface area contributed by atoms with Crippen molar-refractivity contribution in [1.29, 1.82) is 0 Å². The Balaban J connectivity index is 1.60. The van der Waals surface area contributed by atoms with Gasteiger partial charge < -0.3 is 10.1 Å². The molecular formula is C19H21NO2. The van der Waals surface area contributed by atoms with E-state index in [1.165, 1.54) is 0 Å². The predicted octanol–water partition coefficient (Wildman–Crippen LogP) is 3.65. The number of benzene rings is 2. The van der Waals surface area contributed by atoms with Gasteiger partial charge in [0.1, 0.15) is 0 Å². The van der Waals surface area contributed by atoms with Gasteiger partial charge in [-0.2, -0.15) is 0 Å². The molecule has 1 aliphatic heterocycles. The van der Waals surface area contributed by atoms with E-state index in [1.807, 2.05) is 42.5 Å². The van der Waals surface area contributed by atoms with Crippen LogP contribution < -0.4 is 5.32 Å². The molecule has 2 aromatic rings. The fourth-order valence-electron chi connectivity index (χ4n) is 2.79. The van der Waals surface area contributed by atoms with Crippen LogP contribution in [0.25, 0.3) is 11.1 Å². The zero-order chi connectivity index (χ0) is 15.2. The van der Waals surface area contributed by atoms with Crippen molar-refractivity contribution in [2.75, 3.05) is 13.2 Å². The van der Waals surface area contributed by atoms with Crippen LogP contribution in [0, 0.1) is 0 Å². The average molecular weight is 295 g/mol. The quantitative estimate of drug-likeness (QED) is 0.914. The molecule has 22 heavy (non-hydrogen) atoms. The van der Waals surface area contributed by atoms with E-state index in [4.69, 9.17) is 4.74 Å². The lowest BCUT2D eigenvalue weighted by Gasteiger charge is -2.10. The summed E-state index contributed by atoms with van der Waals surface area (Å²) in [5.74, 6) is -0.0178. The molecule has 1 unspecified atom stereocenters. The summed E-state index contributed by atoms with van der Waals surface area (Å²) in [6, 6.07) is 17.8. The Kier molecular flexibility index (Phi) is 4.86. The van der Waals surface area contributed by atoms with E-state index in [2.05, 4.69) is 17.4 Å². The maximum absolute atomic E-state index is 12.3. The smallest absolute Gasteiger partial charge is 0.251 e. The maximum atomic E-state index is 12.3. The van der Waals surface area contributed by atoms with E-state index in [0.29, 0.717) is 18.2 Å². The van der Waals surface area contributed by atoms with Crippen molar-refractivity contribution in [1.82, 2.24) is 5.32 Å². The third kappa shape index (κ3) is 3.74. The molecule has 3 heteroatoms. The molecule has 2 aromatic carbocycles. The summed E-state index contributed by atoms with van der Waals surface area (Å²) in [6.07, 6.45) is 3.46. The minimum absolute atomic E-state index is 0.0178. The highest BCUT2D eigenvalue weighted by molar-refractivity contribution is 5.95. The highest BCUT2D eigenvalue weighted by Crippen LogP contribution is 2.20. The molecule has 0 aliphatic carbocycles. The summed E-state index contributed by atoms with van der Waals surface area (Å²) in [4.78, 5) is 12.3. The standard InChI is InChI=1S/C19H21NO2/c21-19(20-12-11-18-10-5-13-22-18)17-9-4-8-16(14-17)15-6-2-1-3-7-15/h1-4,6-9,14,18H,5,10-13H2,(H,20,21). The number of carbonyl (C=O) groups excluding carboxylic acids is 1. The highest BCUT2D eigenvalue weighted by atomic mass is 16.5. The van der Waals surface area contributed by atoms with Crippen molar-refractivity contribution in [2.24, 2.45) is 0 Å². The van der Waals surface area contributed by atoms with E-state index in [0.717, 1.165) is 37.0 Å². The number of hydrogen-bond acceptors (Lipinski definition) is 2. The first-order valence-electron chi connectivity index (χ1n) is 7.88. The Morgan fingerprint density at radius 3 is 2.68 bits per heavy atom. The van der Waals surface area contributed by atoms with Gasteiger partial charge in [-0.3, -0.25) is 4.79 Å². The van der Waals surface area contributed by atoms with Crippen molar-refractivity contribution in [3.63, 3.8) is 0 Å². The number of nitrogens with one attached hydrogen (secondary N) is 1. The Morgan fingerprint density at radius 1 is 1.09 bits per heavy atom. The van der Waals surface area contributed by atoms with E-state index in [1.54, 1.807) is 0 Å². The lowest BCUT2D eigenvalue weighted by Crippen LogP contribution is -2.27. The molecule has 114 valence electrons. The zero-order valence-corrected chi connectivity index (χ0v) is 12.6. The van der Waals surface area contributed by atoms with Crippen LogP contribution in [-0.2, 0) is 4.74 Å². The molecular weight excluding hydrogens is 274 g/mol. The van der Waals surface area contributed by atoms with Crippen LogP contribution in [0.5, 0.6) is 0 Å². The molecule has 0 spiro atoms. The lowest BCUT2D eigenvalue weighted by molar-refractivity contribution is 0.0907. The maximum Gasteiger partial charge on any atom is 0.251 e. The summed E-state index contributed by atoms with van der Waals surface area (Å²) >= 11 is 0. The second kappa shape index (κ2) is 7.23. The first kappa shape index (κ1) is 14.8. The fourth-order valence-corrected chi connectivity index (χ4v) is 2.79. The molecule has 0 bridgehead atoms. The number of carbonyl (C=O) groups is 1. The molecule has 0 aromatic heterocycles. The Bertz CT molecular complexity index is 618. The van der Waals surface area contributed by atoms with Gasteiger partial charge >= 0.3 is 0 Å². The minimum atomic E-state index is -0.0178. The van der Waals surface area contributed by atoms with Gasteiger partial charge in [-0.25, -0.2) is 0 Å². The van der Waals surface area contributed by atoms with Gasteiger partial charge in [-0.1, -0.05) is 42.5 Å². The molecule has 1 fully saturated rings. The number of hydrogen-bond donors (Lipinski definition) is 1. The lowest BCUT2D eigenvalue weighted by atomic mass is 10.0. The molecule has 1 saturated heterocycles. The van der Waals surface area contributed by atoms with Crippen molar-refractivity contribution in [3.05, 3.63) is 60.2 Å². The molecule has 1 atom stereocenters. The Labute approximate surface area is 131 Å². The van der Waals surface area contributed by atoms with Gasteiger partial charge in [0, 0.05) is 18.7 Å². The molecule has 1 aliphatic rings. The Morgan fingerprint density at radius 2 is 1.91 bits per heavy atom. The van der Waals surface area contributed by atoms with Crippen LogP contribution in [0.1, 0.15) is 29.6 Å². The van der Waals surface area contributed by atoms with Crippen molar-refractivity contribution >= 4 is 5.91 Å². The molecule has 1 N–H and O–H groups in total. The van der Waals surface area contributed by atoms with Gasteiger partial charge in [0.2, 0.25) is 0 Å². The van der Waals surface area contributed by atoms with Gasteiger partial charge in [0.15, 0.2) is 0 Å². The fraction of sp³-hybridized carbons (Fsp3) is 0.316. The first-order valence-corrected chi connectivity index (χ1v) is 7.88. The SMILES string of the molecule is O=C(NCCC1CCCO1)c1cccc(-c2ccccc2)c1. The van der Waals surface area contributed by atoms with Gasteiger partial charge in [-0.05, 0) is 42.5 Å². The van der Waals surface area contributed by atoms with Crippen molar-refractivity contribution in [2.45, 2.75) is 25.4 Å². The monoisotopic (exact) mass is 295 g/mol. The second-order valence-electron chi connectivity index (χ2n) is 5.63. The average Bonchev–Trinajstić information content (AvgIpc) is 3.09. The van der Waals surface area contributed by atoms with E-state index in [-0.39, 0.29) is 5.91 Å². The van der Waals surface area contributed by atoms with E-state index in [9.17, 15) is 4.79 Å². The number of ether oxygens (including phenoxy) is 1. The summed E-state index contributed by atoms with van der Waals surface area (Å²) in [7, 11) is 0. The van der Waals surface area contributed by atoms with Crippen LogP contribution in [0.4, 0.5) is 0 Å². The molecule has 0 radical (unpaired) electrons.